The zero-order valence-corrected chi connectivity index (χ0v) is 10.4. The predicted molar refractivity (Wildman–Crippen MR) is 65.2 cm³/mol. The summed E-state index contributed by atoms with van der Waals surface area (Å²) in [5.74, 6) is -1.92. The van der Waals surface area contributed by atoms with Crippen molar-refractivity contribution >= 4 is 5.97 Å². The van der Waals surface area contributed by atoms with Gasteiger partial charge >= 0.3 is 5.97 Å². The molecule has 1 N–H and O–H groups in total. The molecule has 0 saturated carbocycles. The molecule has 1 aliphatic rings. The molecular formula is C13H11F2N3O2. The highest BCUT2D eigenvalue weighted by Gasteiger charge is 2.42. The van der Waals surface area contributed by atoms with Crippen LogP contribution >= 0.6 is 0 Å². The summed E-state index contributed by atoms with van der Waals surface area (Å²) < 4.78 is 28.3. The number of aliphatic carboxylic acids is 1. The largest absolute Gasteiger partial charge is 0.479 e. The van der Waals surface area contributed by atoms with Gasteiger partial charge in [0.05, 0.1) is 18.4 Å². The summed E-state index contributed by atoms with van der Waals surface area (Å²) in [6.07, 6.45) is 1.28. The van der Waals surface area contributed by atoms with E-state index in [0.717, 1.165) is 11.9 Å². The van der Waals surface area contributed by atoms with Crippen LogP contribution in [0.25, 0.3) is 11.4 Å². The number of aromatic nitrogens is 3. The number of carboxylic acids is 1. The van der Waals surface area contributed by atoms with E-state index in [2.05, 4.69) is 10.1 Å². The van der Waals surface area contributed by atoms with Crippen molar-refractivity contribution in [2.45, 2.75) is 25.1 Å². The number of fused-ring (bicyclic) bond motifs is 1. The Balaban J connectivity index is 1.94. The molecule has 2 aromatic heterocycles. The van der Waals surface area contributed by atoms with E-state index in [0.29, 0.717) is 11.4 Å². The van der Waals surface area contributed by atoms with Gasteiger partial charge in [-0.15, -0.1) is 0 Å². The van der Waals surface area contributed by atoms with Crippen LogP contribution in [0, 0.1) is 5.82 Å². The van der Waals surface area contributed by atoms with Gasteiger partial charge in [-0.25, -0.2) is 13.6 Å². The Morgan fingerprint density at radius 3 is 2.85 bits per heavy atom. The van der Waals surface area contributed by atoms with Crippen molar-refractivity contribution in [3.8, 4) is 11.4 Å². The van der Waals surface area contributed by atoms with Gasteiger partial charge in [-0.3, -0.25) is 9.67 Å². The van der Waals surface area contributed by atoms with Crippen molar-refractivity contribution < 1.29 is 18.7 Å². The Morgan fingerprint density at radius 2 is 2.20 bits per heavy atom. The van der Waals surface area contributed by atoms with Crippen molar-refractivity contribution in [1.29, 1.82) is 0 Å². The molecule has 1 unspecified atom stereocenters. The number of halogens is 2. The Hall–Kier alpha value is -2.31. The second-order valence-electron chi connectivity index (χ2n) is 4.81. The minimum Gasteiger partial charge on any atom is -0.479 e. The molecule has 3 rings (SSSR count). The van der Waals surface area contributed by atoms with Crippen LogP contribution in [0.1, 0.15) is 12.1 Å². The quantitative estimate of drug-likeness (QED) is 0.910. The molecule has 0 fully saturated rings. The average molecular weight is 279 g/mol. The number of alkyl halides is 1. The van der Waals surface area contributed by atoms with Gasteiger partial charge in [0, 0.05) is 5.69 Å². The molecule has 5 nitrogen and oxygen atoms in total. The summed E-state index contributed by atoms with van der Waals surface area (Å²) in [5, 5.41) is 13.1. The third-order valence-corrected chi connectivity index (χ3v) is 3.41. The summed E-state index contributed by atoms with van der Waals surface area (Å²) in [6, 6.07) is 4.46. The topological polar surface area (TPSA) is 68.0 Å². The van der Waals surface area contributed by atoms with Gasteiger partial charge in [0.2, 0.25) is 5.67 Å². The zero-order valence-electron chi connectivity index (χ0n) is 10.4. The molecule has 0 radical (unpaired) electrons. The lowest BCUT2D eigenvalue weighted by molar-refractivity contribution is -0.153. The van der Waals surface area contributed by atoms with Crippen LogP contribution < -0.4 is 0 Å². The number of hydrogen-bond donors (Lipinski definition) is 1. The highest BCUT2D eigenvalue weighted by atomic mass is 19.1. The van der Waals surface area contributed by atoms with E-state index in [-0.39, 0.29) is 19.4 Å². The van der Waals surface area contributed by atoms with Crippen molar-refractivity contribution in [2.24, 2.45) is 0 Å². The first-order valence-corrected chi connectivity index (χ1v) is 6.09. The third kappa shape index (κ3) is 2.04. The Morgan fingerprint density at radius 1 is 1.40 bits per heavy atom. The lowest BCUT2D eigenvalue weighted by atomic mass is 9.95. The summed E-state index contributed by atoms with van der Waals surface area (Å²) in [7, 11) is 0. The maximum absolute atomic E-state index is 14.1. The summed E-state index contributed by atoms with van der Waals surface area (Å²) >= 11 is 0. The molecule has 0 amide bonds. The first-order valence-electron chi connectivity index (χ1n) is 6.09. The predicted octanol–water partition coefficient (Wildman–Crippen LogP) is 1.82. The van der Waals surface area contributed by atoms with Crippen LogP contribution in [0.3, 0.4) is 0 Å². The number of aryl methyl sites for hydroxylation is 1. The van der Waals surface area contributed by atoms with E-state index in [9.17, 15) is 13.6 Å². The second kappa shape index (κ2) is 4.36. The Labute approximate surface area is 112 Å². The summed E-state index contributed by atoms with van der Waals surface area (Å²) in [5.41, 5.74) is -0.588. The smallest absolute Gasteiger partial charge is 0.343 e. The van der Waals surface area contributed by atoms with Gasteiger partial charge in [0.15, 0.2) is 0 Å². The van der Waals surface area contributed by atoms with E-state index >= 15 is 0 Å². The Bertz CT molecular complexity index is 669. The maximum atomic E-state index is 14.1. The lowest BCUT2D eigenvalue weighted by Gasteiger charge is -2.26. The number of carbonyl (C=O) groups is 1. The van der Waals surface area contributed by atoms with Crippen molar-refractivity contribution in [2.75, 3.05) is 0 Å². The first-order chi connectivity index (χ1) is 9.48. The van der Waals surface area contributed by atoms with E-state index < -0.39 is 17.5 Å². The normalized spacial score (nSPS) is 21.5. The van der Waals surface area contributed by atoms with Gasteiger partial charge in [-0.2, -0.15) is 5.10 Å². The minimum atomic E-state index is -2.29. The van der Waals surface area contributed by atoms with Gasteiger partial charge in [0.25, 0.3) is 0 Å². The fourth-order valence-electron chi connectivity index (χ4n) is 2.26. The van der Waals surface area contributed by atoms with E-state index in [1.54, 1.807) is 6.07 Å². The van der Waals surface area contributed by atoms with Crippen LogP contribution in [0.2, 0.25) is 0 Å². The highest BCUT2D eigenvalue weighted by molar-refractivity contribution is 5.77. The van der Waals surface area contributed by atoms with E-state index in [1.165, 1.54) is 16.8 Å². The molecule has 0 spiro atoms. The van der Waals surface area contributed by atoms with Crippen LogP contribution in [0.4, 0.5) is 8.78 Å². The molecule has 1 atom stereocenters. The molecule has 7 heteroatoms. The molecule has 0 saturated heterocycles. The molecule has 104 valence electrons. The number of carboxylic acid groups (broad SMARTS) is 1. The molecular weight excluding hydrogens is 268 g/mol. The van der Waals surface area contributed by atoms with Crippen LogP contribution in [-0.2, 0) is 17.8 Å². The summed E-state index contributed by atoms with van der Waals surface area (Å²) in [6.45, 7) is -0.321. The van der Waals surface area contributed by atoms with Crippen molar-refractivity contribution in [1.82, 2.24) is 14.8 Å². The molecule has 20 heavy (non-hydrogen) atoms. The number of hydrogen-bond acceptors (Lipinski definition) is 3. The molecule has 1 aliphatic heterocycles. The van der Waals surface area contributed by atoms with Gasteiger partial charge < -0.3 is 5.11 Å². The number of rotatable bonds is 2. The fourth-order valence-corrected chi connectivity index (χ4v) is 2.26. The van der Waals surface area contributed by atoms with Crippen LogP contribution in [0.15, 0.2) is 24.4 Å². The standard InChI is InChI=1S/C13H11F2N3O2/c14-8-1-2-10(16-6-8)11-5-9-3-4-13(15,12(19)20)7-18(9)17-11/h1-2,5-6H,3-4,7H2,(H,19,20). The molecule has 0 aliphatic carbocycles. The van der Waals surface area contributed by atoms with Gasteiger partial charge in [-0.1, -0.05) is 0 Å². The van der Waals surface area contributed by atoms with Gasteiger partial charge in [-0.05, 0) is 31.0 Å². The SMILES string of the molecule is O=C(O)C1(F)CCc2cc(-c3ccc(F)cn3)nn2C1. The van der Waals surface area contributed by atoms with Gasteiger partial charge in [0.1, 0.15) is 11.5 Å². The second-order valence-corrected chi connectivity index (χ2v) is 4.81. The van der Waals surface area contributed by atoms with Crippen LogP contribution in [0.5, 0.6) is 0 Å². The Kier molecular flexibility index (Phi) is 2.77. The highest BCUT2D eigenvalue weighted by Crippen LogP contribution is 2.29. The maximum Gasteiger partial charge on any atom is 0.343 e. The average Bonchev–Trinajstić information content (AvgIpc) is 2.82. The fraction of sp³-hybridized carbons (Fsp3) is 0.308. The van der Waals surface area contributed by atoms with Crippen molar-refractivity contribution in [3.05, 3.63) is 35.9 Å². The lowest BCUT2D eigenvalue weighted by Crippen LogP contribution is -2.42. The zero-order chi connectivity index (χ0) is 14.3. The van der Waals surface area contributed by atoms with Crippen LogP contribution in [-0.4, -0.2) is 31.5 Å². The molecule has 0 bridgehead atoms. The minimum absolute atomic E-state index is 0.0791. The monoisotopic (exact) mass is 279 g/mol. The summed E-state index contributed by atoms with van der Waals surface area (Å²) in [4.78, 5) is 14.8. The van der Waals surface area contributed by atoms with E-state index in [4.69, 9.17) is 5.11 Å². The molecule has 3 heterocycles. The van der Waals surface area contributed by atoms with E-state index in [1.807, 2.05) is 0 Å². The third-order valence-electron chi connectivity index (χ3n) is 3.41. The number of pyridine rings is 1. The number of nitrogens with zero attached hydrogens (tertiary/aromatic N) is 3. The van der Waals surface area contributed by atoms with Crippen molar-refractivity contribution in [3.63, 3.8) is 0 Å². The first kappa shape index (κ1) is 12.7. The molecule has 2 aromatic rings. The molecule has 0 aromatic carbocycles.